The second-order valence-corrected chi connectivity index (χ2v) is 6.15. The van der Waals surface area contributed by atoms with Gasteiger partial charge in [-0.1, -0.05) is 77.6 Å². The molecule has 0 aliphatic carbocycles. The van der Waals surface area contributed by atoms with Crippen LogP contribution in [0, 0.1) is 0 Å². The molecule has 0 saturated heterocycles. The molecule has 0 bridgehead atoms. The van der Waals surface area contributed by atoms with Crippen molar-refractivity contribution in [3.05, 3.63) is 0 Å². The molecule has 0 radical (unpaired) electrons. The number of hydrogen-bond donors (Lipinski definition) is 4. The molecule has 0 fully saturated rings. The van der Waals surface area contributed by atoms with Crippen molar-refractivity contribution >= 4 is 7.82 Å². The van der Waals surface area contributed by atoms with E-state index in [-0.39, 0.29) is 52.8 Å². The molecule has 0 unspecified atom stereocenters. The third kappa shape index (κ3) is 44.9. The Bertz CT molecular complexity index is 209. The minimum Gasteiger partial charge on any atom is -1.00 e. The van der Waals surface area contributed by atoms with Gasteiger partial charge in [0.1, 0.15) is 0 Å². The zero-order chi connectivity index (χ0) is 15.7. The average Bonchev–Trinajstić information content (AvgIpc) is 2.34. The molecule has 5 nitrogen and oxygen atoms in total. The maximum absolute atomic E-state index is 8.88. The van der Waals surface area contributed by atoms with Gasteiger partial charge in [-0.15, -0.1) is 0 Å². The molecule has 4 N–H and O–H groups in total. The second kappa shape index (κ2) is 21.7. The van der Waals surface area contributed by atoms with Crippen LogP contribution in [-0.4, -0.2) is 26.4 Å². The molecule has 0 aliphatic heterocycles. The molecule has 0 amide bonds. The maximum Gasteiger partial charge on any atom is 1.00 e. The second-order valence-electron chi connectivity index (χ2n) is 5.13. The Morgan fingerprint density at radius 1 is 0.714 bits per heavy atom. The summed E-state index contributed by atoms with van der Waals surface area (Å²) in [5, 5.41) is 8.61. The molecule has 0 aliphatic rings. The van der Waals surface area contributed by atoms with E-state index >= 15 is 0 Å². The van der Waals surface area contributed by atoms with Gasteiger partial charge in [-0.3, -0.25) is 0 Å². The molecule has 0 saturated carbocycles. The van der Waals surface area contributed by atoms with Crippen LogP contribution < -0.4 is 51.4 Å². The standard InChI is InChI=1S/C14H30O.K.H3O4P.H/c1-2-3-4-5-6-7-8-9-10-11-12-13-14-15;;1-5(2,3)4;/h15H,2-14H2,1H3;;(H3,1,2,3,4);/q;+1;;-1. The van der Waals surface area contributed by atoms with Crippen molar-refractivity contribution in [3.8, 4) is 0 Å². The number of rotatable bonds is 12. The van der Waals surface area contributed by atoms with Crippen LogP contribution in [0.3, 0.4) is 0 Å². The molecular weight excluding hydrogens is 318 g/mol. The molecular formula is C14H34KO5P. The van der Waals surface area contributed by atoms with Crippen LogP contribution in [0.5, 0.6) is 0 Å². The van der Waals surface area contributed by atoms with Gasteiger partial charge in [0.05, 0.1) is 0 Å². The topological polar surface area (TPSA) is 98.0 Å². The van der Waals surface area contributed by atoms with Crippen molar-refractivity contribution in [2.45, 2.75) is 84.0 Å². The largest absolute Gasteiger partial charge is 1.00 e. The van der Waals surface area contributed by atoms with E-state index in [0.717, 1.165) is 6.42 Å². The summed E-state index contributed by atoms with van der Waals surface area (Å²) in [7, 11) is -4.64. The normalized spacial score (nSPS) is 10.5. The smallest absolute Gasteiger partial charge is 1.00 e. The minimum atomic E-state index is -4.64. The quantitative estimate of drug-likeness (QED) is 0.237. The molecule has 21 heavy (non-hydrogen) atoms. The first-order valence-corrected chi connectivity index (χ1v) is 9.37. The summed E-state index contributed by atoms with van der Waals surface area (Å²) >= 11 is 0. The number of hydrogen-bond acceptors (Lipinski definition) is 2. The minimum absolute atomic E-state index is 0. The number of aliphatic hydroxyl groups is 1. The van der Waals surface area contributed by atoms with Crippen molar-refractivity contribution in [1.29, 1.82) is 0 Å². The van der Waals surface area contributed by atoms with Crippen molar-refractivity contribution in [2.75, 3.05) is 6.61 Å². The fraction of sp³-hybridized carbons (Fsp3) is 1.00. The van der Waals surface area contributed by atoms with Gasteiger partial charge >= 0.3 is 59.2 Å². The van der Waals surface area contributed by atoms with Crippen LogP contribution in [0.25, 0.3) is 0 Å². The summed E-state index contributed by atoms with van der Waals surface area (Å²) < 4.78 is 8.88. The van der Waals surface area contributed by atoms with E-state index in [1.807, 2.05) is 0 Å². The van der Waals surface area contributed by atoms with Crippen LogP contribution in [0.2, 0.25) is 0 Å². The number of aliphatic hydroxyl groups excluding tert-OH is 1. The van der Waals surface area contributed by atoms with E-state index in [1.165, 1.54) is 70.6 Å². The summed E-state index contributed by atoms with van der Waals surface area (Å²) in [6.45, 7) is 2.64. The summed E-state index contributed by atoms with van der Waals surface area (Å²) in [6.07, 6.45) is 16.2. The van der Waals surface area contributed by atoms with E-state index in [1.54, 1.807) is 0 Å². The van der Waals surface area contributed by atoms with Crippen molar-refractivity contribution < 1.29 is 77.2 Å². The molecule has 0 aromatic heterocycles. The zero-order valence-corrected chi connectivity index (χ0v) is 17.9. The Morgan fingerprint density at radius 3 is 1.19 bits per heavy atom. The monoisotopic (exact) mass is 352 g/mol. The molecule has 0 spiro atoms. The number of phosphoric acid groups is 1. The van der Waals surface area contributed by atoms with Crippen LogP contribution in [0.15, 0.2) is 0 Å². The predicted molar refractivity (Wildman–Crippen MR) is 83.5 cm³/mol. The summed E-state index contributed by atoms with van der Waals surface area (Å²) in [4.78, 5) is 21.6. The van der Waals surface area contributed by atoms with Gasteiger partial charge in [0.2, 0.25) is 0 Å². The van der Waals surface area contributed by atoms with Gasteiger partial charge in [-0.05, 0) is 6.42 Å². The Labute approximate surface area is 174 Å². The van der Waals surface area contributed by atoms with E-state index in [4.69, 9.17) is 24.4 Å². The van der Waals surface area contributed by atoms with E-state index in [9.17, 15) is 0 Å². The Kier molecular flexibility index (Phi) is 28.5. The first kappa shape index (κ1) is 27.5. The van der Waals surface area contributed by atoms with E-state index < -0.39 is 7.82 Å². The van der Waals surface area contributed by atoms with Crippen LogP contribution in [0.1, 0.15) is 85.4 Å². The van der Waals surface area contributed by atoms with Crippen LogP contribution >= 0.6 is 7.82 Å². The van der Waals surface area contributed by atoms with Gasteiger partial charge in [0, 0.05) is 6.61 Å². The molecule has 0 atom stereocenters. The average molecular weight is 352 g/mol. The van der Waals surface area contributed by atoms with Crippen LogP contribution in [0.4, 0.5) is 0 Å². The van der Waals surface area contributed by atoms with Crippen molar-refractivity contribution in [3.63, 3.8) is 0 Å². The van der Waals surface area contributed by atoms with Gasteiger partial charge in [0.15, 0.2) is 0 Å². The first-order chi connectivity index (χ1) is 9.41. The Hall–Kier alpha value is 1.71. The third-order valence-corrected chi connectivity index (χ3v) is 3.01. The maximum atomic E-state index is 8.88. The van der Waals surface area contributed by atoms with E-state index in [0.29, 0.717) is 6.61 Å². The van der Waals surface area contributed by atoms with Gasteiger partial charge in [-0.25, -0.2) is 4.57 Å². The van der Waals surface area contributed by atoms with Gasteiger partial charge in [0.25, 0.3) is 0 Å². The molecule has 7 heteroatoms. The first-order valence-electron chi connectivity index (χ1n) is 7.81. The molecule has 0 heterocycles. The molecule has 0 aromatic rings. The number of unbranched alkanes of at least 4 members (excludes halogenated alkanes) is 11. The molecule has 126 valence electrons. The Morgan fingerprint density at radius 2 is 0.952 bits per heavy atom. The third-order valence-electron chi connectivity index (χ3n) is 3.01. The summed E-state index contributed by atoms with van der Waals surface area (Å²) in [6, 6.07) is 0. The van der Waals surface area contributed by atoms with Crippen molar-refractivity contribution in [2.24, 2.45) is 0 Å². The molecule has 0 aromatic carbocycles. The fourth-order valence-corrected chi connectivity index (χ4v) is 1.95. The summed E-state index contributed by atoms with van der Waals surface area (Å²) in [5.41, 5.74) is 0. The van der Waals surface area contributed by atoms with Crippen molar-refractivity contribution in [1.82, 2.24) is 0 Å². The van der Waals surface area contributed by atoms with Gasteiger partial charge in [-0.2, -0.15) is 0 Å². The fourth-order valence-electron chi connectivity index (χ4n) is 1.95. The predicted octanol–water partition coefficient (Wildman–Crippen LogP) is 0.868. The summed E-state index contributed by atoms with van der Waals surface area (Å²) in [5.74, 6) is 0. The van der Waals surface area contributed by atoms with Gasteiger partial charge < -0.3 is 21.2 Å². The molecule has 0 rings (SSSR count). The van der Waals surface area contributed by atoms with Crippen LogP contribution in [-0.2, 0) is 4.57 Å². The SMILES string of the molecule is CCCCCCCCCCCCCCO.O=P(O)(O)O.[H-].[K+]. The van der Waals surface area contributed by atoms with E-state index in [2.05, 4.69) is 6.92 Å². The Balaban J connectivity index is -0.000000201. The zero-order valence-electron chi connectivity index (χ0n) is 14.8.